The minimum absolute atomic E-state index is 0.137. The van der Waals surface area contributed by atoms with Crippen molar-refractivity contribution >= 4 is 46.7 Å². The average Bonchev–Trinajstić information content (AvgIpc) is 2.77. The lowest BCUT2D eigenvalue weighted by molar-refractivity contribution is -0.138. The first-order valence-corrected chi connectivity index (χ1v) is 7.95. The summed E-state index contributed by atoms with van der Waals surface area (Å²) in [5.74, 6) is -1.08. The van der Waals surface area contributed by atoms with Gasteiger partial charge in [0.05, 0.1) is 17.1 Å². The molecule has 0 unspecified atom stereocenters. The number of fused-ring (bicyclic) bond motifs is 1. The van der Waals surface area contributed by atoms with Crippen LogP contribution in [-0.2, 0) is 15.2 Å². The summed E-state index contributed by atoms with van der Waals surface area (Å²) in [5.41, 5.74) is -0.659. The SMILES string of the molecule is O=C(/C=C/c1ccccc1)C[C@@]1(O)C(=O)Nc2cc(Cl)cc(Cl)c21. The molecule has 1 heterocycles. The van der Waals surface area contributed by atoms with Crippen LogP contribution < -0.4 is 5.32 Å². The molecule has 0 bridgehead atoms. The summed E-state index contributed by atoms with van der Waals surface area (Å²) in [4.78, 5) is 24.4. The molecule has 0 radical (unpaired) electrons. The Bertz CT molecular complexity index is 849. The van der Waals surface area contributed by atoms with Crippen molar-refractivity contribution in [2.75, 3.05) is 5.32 Å². The summed E-state index contributed by atoms with van der Waals surface area (Å²) in [6.07, 6.45) is 2.56. The van der Waals surface area contributed by atoms with Crippen LogP contribution in [-0.4, -0.2) is 16.8 Å². The molecule has 0 saturated carbocycles. The van der Waals surface area contributed by atoms with Gasteiger partial charge in [-0.25, -0.2) is 0 Å². The zero-order valence-corrected chi connectivity index (χ0v) is 13.9. The number of allylic oxidation sites excluding steroid dienone is 1. The summed E-state index contributed by atoms with van der Waals surface area (Å²) in [6, 6.07) is 12.2. The maximum atomic E-state index is 12.2. The molecule has 0 spiro atoms. The van der Waals surface area contributed by atoms with Crippen molar-refractivity contribution in [1.82, 2.24) is 0 Å². The van der Waals surface area contributed by atoms with Crippen molar-refractivity contribution in [2.24, 2.45) is 0 Å². The highest BCUT2D eigenvalue weighted by atomic mass is 35.5. The van der Waals surface area contributed by atoms with Gasteiger partial charge >= 0.3 is 0 Å². The highest BCUT2D eigenvalue weighted by Gasteiger charge is 2.48. The van der Waals surface area contributed by atoms with E-state index in [9.17, 15) is 14.7 Å². The molecule has 0 aromatic heterocycles. The molecule has 1 aliphatic heterocycles. The number of nitrogens with one attached hydrogen (secondary N) is 1. The van der Waals surface area contributed by atoms with E-state index in [1.54, 1.807) is 6.08 Å². The Kier molecular flexibility index (Phi) is 4.45. The lowest BCUT2D eigenvalue weighted by atomic mass is 9.89. The van der Waals surface area contributed by atoms with Gasteiger partial charge in [-0.3, -0.25) is 9.59 Å². The Hall–Kier alpha value is -2.14. The Balaban J connectivity index is 1.86. The van der Waals surface area contributed by atoms with Crippen molar-refractivity contribution in [3.63, 3.8) is 0 Å². The second-order valence-electron chi connectivity index (χ2n) is 5.51. The van der Waals surface area contributed by atoms with E-state index in [4.69, 9.17) is 23.2 Å². The van der Waals surface area contributed by atoms with Crippen molar-refractivity contribution in [1.29, 1.82) is 0 Å². The van der Waals surface area contributed by atoms with Crippen LogP contribution in [0.1, 0.15) is 17.5 Å². The van der Waals surface area contributed by atoms with Crippen LogP contribution in [0, 0.1) is 0 Å². The third kappa shape index (κ3) is 3.08. The van der Waals surface area contributed by atoms with E-state index >= 15 is 0 Å². The van der Waals surface area contributed by atoms with E-state index in [0.29, 0.717) is 10.7 Å². The van der Waals surface area contributed by atoms with Crippen LogP contribution in [0.5, 0.6) is 0 Å². The Labute approximate surface area is 148 Å². The van der Waals surface area contributed by atoms with Gasteiger partial charge in [0.1, 0.15) is 0 Å². The predicted octanol–water partition coefficient (Wildman–Crippen LogP) is 3.81. The van der Waals surface area contributed by atoms with E-state index in [0.717, 1.165) is 5.56 Å². The highest BCUT2D eigenvalue weighted by Crippen LogP contribution is 2.44. The molecule has 0 fully saturated rings. The molecule has 2 aromatic carbocycles. The van der Waals surface area contributed by atoms with E-state index in [1.807, 2.05) is 30.3 Å². The highest BCUT2D eigenvalue weighted by molar-refractivity contribution is 6.36. The fraction of sp³-hybridized carbons (Fsp3) is 0.111. The molecule has 24 heavy (non-hydrogen) atoms. The third-order valence-electron chi connectivity index (χ3n) is 3.78. The number of halogens is 2. The van der Waals surface area contributed by atoms with E-state index < -0.39 is 23.7 Å². The maximum absolute atomic E-state index is 12.2. The number of hydrogen-bond donors (Lipinski definition) is 2. The van der Waals surface area contributed by atoms with Crippen LogP contribution in [0.4, 0.5) is 5.69 Å². The van der Waals surface area contributed by atoms with E-state index in [1.165, 1.54) is 18.2 Å². The van der Waals surface area contributed by atoms with Crippen LogP contribution in [0.15, 0.2) is 48.5 Å². The molecule has 1 amide bonds. The first-order chi connectivity index (χ1) is 11.4. The zero-order chi connectivity index (χ0) is 17.3. The number of hydrogen-bond acceptors (Lipinski definition) is 3. The van der Waals surface area contributed by atoms with Gasteiger partial charge in [0.2, 0.25) is 0 Å². The normalized spacial score (nSPS) is 19.4. The van der Waals surface area contributed by atoms with Crippen LogP contribution in [0.2, 0.25) is 10.0 Å². The fourth-order valence-electron chi connectivity index (χ4n) is 2.66. The summed E-state index contributed by atoms with van der Waals surface area (Å²) in [6.45, 7) is 0. The zero-order valence-electron chi connectivity index (χ0n) is 12.4. The number of aliphatic hydroxyl groups is 1. The molecule has 0 aliphatic carbocycles. The van der Waals surface area contributed by atoms with Gasteiger partial charge in [-0.05, 0) is 23.8 Å². The largest absolute Gasteiger partial charge is 0.375 e. The molecule has 2 N–H and O–H groups in total. The molecule has 1 aliphatic rings. The second-order valence-corrected chi connectivity index (χ2v) is 6.36. The molecule has 3 rings (SSSR count). The predicted molar refractivity (Wildman–Crippen MR) is 94.1 cm³/mol. The van der Waals surface area contributed by atoms with Gasteiger partial charge < -0.3 is 10.4 Å². The van der Waals surface area contributed by atoms with Crippen molar-refractivity contribution in [3.05, 3.63) is 69.7 Å². The average molecular weight is 362 g/mol. The van der Waals surface area contributed by atoms with Crippen molar-refractivity contribution in [2.45, 2.75) is 12.0 Å². The molecule has 6 heteroatoms. The van der Waals surface area contributed by atoms with Crippen LogP contribution in [0.25, 0.3) is 6.08 Å². The number of carbonyl (C=O) groups is 2. The number of anilines is 1. The monoisotopic (exact) mass is 361 g/mol. The van der Waals surface area contributed by atoms with Gasteiger partial charge in [0.25, 0.3) is 5.91 Å². The van der Waals surface area contributed by atoms with E-state index in [2.05, 4.69) is 5.32 Å². The molecule has 1 atom stereocenters. The smallest absolute Gasteiger partial charge is 0.261 e. The molecular weight excluding hydrogens is 349 g/mol. The molecule has 2 aromatic rings. The lowest BCUT2D eigenvalue weighted by Crippen LogP contribution is -2.36. The Morgan fingerprint density at radius 3 is 2.62 bits per heavy atom. The second kappa shape index (κ2) is 6.40. The summed E-state index contributed by atoms with van der Waals surface area (Å²) >= 11 is 12.0. The van der Waals surface area contributed by atoms with Crippen LogP contribution in [0.3, 0.4) is 0 Å². The number of ketones is 1. The third-order valence-corrected chi connectivity index (χ3v) is 4.30. The van der Waals surface area contributed by atoms with Gasteiger partial charge in [0, 0.05) is 10.6 Å². The molecular formula is C18H13Cl2NO3. The first kappa shape index (κ1) is 16.7. The first-order valence-electron chi connectivity index (χ1n) is 7.19. The van der Waals surface area contributed by atoms with Crippen molar-refractivity contribution < 1.29 is 14.7 Å². The summed E-state index contributed by atoms with van der Waals surface area (Å²) in [7, 11) is 0. The molecule has 4 nitrogen and oxygen atoms in total. The van der Waals surface area contributed by atoms with Gasteiger partial charge in [0.15, 0.2) is 11.4 Å². The van der Waals surface area contributed by atoms with Gasteiger partial charge in [-0.15, -0.1) is 0 Å². The summed E-state index contributed by atoms with van der Waals surface area (Å²) in [5, 5.41) is 13.7. The number of rotatable bonds is 4. The van der Waals surface area contributed by atoms with Gasteiger partial charge in [-0.2, -0.15) is 0 Å². The minimum atomic E-state index is -2.00. The maximum Gasteiger partial charge on any atom is 0.261 e. The minimum Gasteiger partial charge on any atom is -0.375 e. The van der Waals surface area contributed by atoms with Gasteiger partial charge in [-0.1, -0.05) is 59.6 Å². The Morgan fingerprint density at radius 1 is 1.21 bits per heavy atom. The van der Waals surface area contributed by atoms with Crippen molar-refractivity contribution in [3.8, 4) is 0 Å². The lowest BCUT2D eigenvalue weighted by Gasteiger charge is -2.20. The quantitative estimate of drug-likeness (QED) is 0.813. The number of benzene rings is 2. The molecule has 122 valence electrons. The number of carbonyl (C=O) groups excluding carboxylic acids is 2. The van der Waals surface area contributed by atoms with E-state index in [-0.39, 0.29) is 10.6 Å². The Morgan fingerprint density at radius 2 is 1.92 bits per heavy atom. The van der Waals surface area contributed by atoms with Crippen LogP contribution >= 0.6 is 23.2 Å². The summed E-state index contributed by atoms with van der Waals surface area (Å²) < 4.78 is 0. The topological polar surface area (TPSA) is 66.4 Å². The standard InChI is InChI=1S/C18H13Cl2NO3/c19-12-8-14(20)16-15(9-12)21-17(23)18(16,24)10-13(22)7-6-11-4-2-1-3-5-11/h1-9,24H,10H2,(H,21,23)/b7-6+/t18-/m0/s1. The molecule has 0 saturated heterocycles. The fourth-order valence-corrected chi connectivity index (χ4v) is 3.31. The number of amides is 1.